The van der Waals surface area contributed by atoms with Gasteiger partial charge in [0.2, 0.25) is 0 Å². The highest BCUT2D eigenvalue weighted by molar-refractivity contribution is 14.0. The van der Waals surface area contributed by atoms with E-state index in [1.165, 1.54) is 10.7 Å². The third kappa shape index (κ3) is 5.84. The average molecular weight is 485 g/mol. The molecule has 0 amide bonds. The first kappa shape index (κ1) is 21.0. The van der Waals surface area contributed by atoms with Gasteiger partial charge in [0, 0.05) is 37.2 Å². The molecule has 7 heteroatoms. The molecule has 26 heavy (non-hydrogen) atoms. The number of anilines is 1. The number of guanidine groups is 1. The van der Waals surface area contributed by atoms with E-state index in [1.807, 2.05) is 7.05 Å². The van der Waals surface area contributed by atoms with Gasteiger partial charge >= 0.3 is 0 Å². The van der Waals surface area contributed by atoms with Crippen LogP contribution < -0.4 is 15.5 Å². The standard InChI is InChI=1S/C19H27N5S.HI/c1-3-18-22-16(14-25-18)13-21-19(20-2)23-15-9-11-24(12-10-15)17-7-5-4-6-8-17;/h4-8,14-15H,3,9-13H2,1-2H3,(H2,20,21,23);1H. The molecular formula is C19H28IN5S. The van der Waals surface area contributed by atoms with Crippen molar-refractivity contribution >= 4 is 47.0 Å². The fourth-order valence-corrected chi connectivity index (χ4v) is 3.82. The highest BCUT2D eigenvalue weighted by Gasteiger charge is 2.20. The van der Waals surface area contributed by atoms with Crippen LogP contribution in [0.1, 0.15) is 30.5 Å². The topological polar surface area (TPSA) is 52.6 Å². The third-order valence-corrected chi connectivity index (χ3v) is 5.56. The number of benzene rings is 1. The predicted octanol–water partition coefficient (Wildman–Crippen LogP) is 3.66. The van der Waals surface area contributed by atoms with E-state index in [1.54, 1.807) is 11.3 Å². The lowest BCUT2D eigenvalue weighted by Gasteiger charge is -2.34. The number of piperidine rings is 1. The molecule has 0 saturated carbocycles. The number of hydrogen-bond acceptors (Lipinski definition) is 4. The molecule has 2 aromatic rings. The van der Waals surface area contributed by atoms with Crippen LogP contribution in [0.3, 0.4) is 0 Å². The van der Waals surface area contributed by atoms with E-state index in [0.717, 1.165) is 50.6 Å². The highest BCUT2D eigenvalue weighted by Crippen LogP contribution is 2.19. The van der Waals surface area contributed by atoms with Gasteiger partial charge in [-0.25, -0.2) is 4.98 Å². The van der Waals surface area contributed by atoms with E-state index in [9.17, 15) is 0 Å². The van der Waals surface area contributed by atoms with Gasteiger partial charge < -0.3 is 15.5 Å². The Morgan fingerprint density at radius 3 is 2.62 bits per heavy atom. The number of aromatic nitrogens is 1. The van der Waals surface area contributed by atoms with Crippen molar-refractivity contribution in [3.05, 3.63) is 46.4 Å². The van der Waals surface area contributed by atoms with Crippen LogP contribution in [0.15, 0.2) is 40.7 Å². The Balaban J connectivity index is 0.00000243. The Hall–Kier alpha value is -1.35. The Bertz CT molecular complexity index is 680. The average Bonchev–Trinajstić information content (AvgIpc) is 3.14. The molecular weight excluding hydrogens is 457 g/mol. The van der Waals surface area contributed by atoms with Crippen LogP contribution in [0.25, 0.3) is 0 Å². The van der Waals surface area contributed by atoms with Crippen LogP contribution >= 0.6 is 35.3 Å². The van der Waals surface area contributed by atoms with Gasteiger partial charge in [-0.1, -0.05) is 25.1 Å². The number of nitrogens with one attached hydrogen (secondary N) is 2. The molecule has 3 rings (SSSR count). The first-order chi connectivity index (χ1) is 12.3. The minimum Gasteiger partial charge on any atom is -0.371 e. The van der Waals surface area contributed by atoms with Gasteiger partial charge in [-0.15, -0.1) is 35.3 Å². The number of thiazole rings is 1. The highest BCUT2D eigenvalue weighted by atomic mass is 127. The zero-order chi connectivity index (χ0) is 17.5. The maximum Gasteiger partial charge on any atom is 0.191 e. The van der Waals surface area contributed by atoms with Crippen molar-refractivity contribution in [2.45, 2.75) is 38.8 Å². The molecule has 1 aliphatic rings. The summed E-state index contributed by atoms with van der Waals surface area (Å²) in [4.78, 5) is 11.4. The van der Waals surface area contributed by atoms with Gasteiger partial charge in [-0.2, -0.15) is 0 Å². The minimum absolute atomic E-state index is 0. The first-order valence-corrected chi connectivity index (χ1v) is 9.87. The Morgan fingerprint density at radius 2 is 2.00 bits per heavy atom. The van der Waals surface area contributed by atoms with Gasteiger partial charge in [0.15, 0.2) is 5.96 Å². The predicted molar refractivity (Wildman–Crippen MR) is 122 cm³/mol. The molecule has 5 nitrogen and oxygen atoms in total. The minimum atomic E-state index is 0. The lowest BCUT2D eigenvalue weighted by Crippen LogP contribution is -2.48. The summed E-state index contributed by atoms with van der Waals surface area (Å²) >= 11 is 1.73. The molecule has 0 unspecified atom stereocenters. The molecule has 1 aromatic carbocycles. The maximum atomic E-state index is 4.59. The number of para-hydroxylation sites is 1. The van der Waals surface area contributed by atoms with Crippen molar-refractivity contribution in [3.8, 4) is 0 Å². The van der Waals surface area contributed by atoms with E-state index in [-0.39, 0.29) is 24.0 Å². The van der Waals surface area contributed by atoms with Crippen molar-refractivity contribution in [1.29, 1.82) is 0 Å². The van der Waals surface area contributed by atoms with Gasteiger partial charge in [-0.05, 0) is 31.4 Å². The molecule has 0 aliphatic carbocycles. The lowest BCUT2D eigenvalue weighted by atomic mass is 10.0. The molecule has 2 heterocycles. The van der Waals surface area contributed by atoms with E-state index in [2.05, 4.69) is 68.1 Å². The van der Waals surface area contributed by atoms with Crippen LogP contribution in [0.5, 0.6) is 0 Å². The van der Waals surface area contributed by atoms with E-state index in [4.69, 9.17) is 0 Å². The van der Waals surface area contributed by atoms with Crippen LogP contribution in [0.2, 0.25) is 0 Å². The van der Waals surface area contributed by atoms with Gasteiger partial charge in [-0.3, -0.25) is 4.99 Å². The largest absolute Gasteiger partial charge is 0.371 e. The van der Waals surface area contributed by atoms with Crippen LogP contribution in [-0.4, -0.2) is 37.1 Å². The van der Waals surface area contributed by atoms with Gasteiger partial charge in [0.1, 0.15) is 0 Å². The van der Waals surface area contributed by atoms with Crippen molar-refractivity contribution in [2.24, 2.45) is 4.99 Å². The monoisotopic (exact) mass is 485 g/mol. The molecule has 1 fully saturated rings. The van der Waals surface area contributed by atoms with Crippen molar-refractivity contribution in [3.63, 3.8) is 0 Å². The van der Waals surface area contributed by atoms with Crippen molar-refractivity contribution < 1.29 is 0 Å². The lowest BCUT2D eigenvalue weighted by molar-refractivity contribution is 0.461. The summed E-state index contributed by atoms with van der Waals surface area (Å²) in [7, 11) is 1.83. The fraction of sp³-hybridized carbons (Fsp3) is 0.474. The van der Waals surface area contributed by atoms with Crippen LogP contribution in [-0.2, 0) is 13.0 Å². The summed E-state index contributed by atoms with van der Waals surface area (Å²) in [6.45, 7) is 5.01. The molecule has 1 saturated heterocycles. The summed E-state index contributed by atoms with van der Waals surface area (Å²) < 4.78 is 0. The summed E-state index contributed by atoms with van der Waals surface area (Å²) in [6.07, 6.45) is 3.23. The van der Waals surface area contributed by atoms with Crippen molar-refractivity contribution in [1.82, 2.24) is 15.6 Å². The maximum absolute atomic E-state index is 4.59. The summed E-state index contributed by atoms with van der Waals surface area (Å²) in [6, 6.07) is 11.1. The molecule has 0 radical (unpaired) electrons. The summed E-state index contributed by atoms with van der Waals surface area (Å²) in [5.74, 6) is 0.865. The van der Waals surface area contributed by atoms with Gasteiger partial charge in [0.25, 0.3) is 0 Å². The smallest absolute Gasteiger partial charge is 0.191 e. The van der Waals surface area contributed by atoms with E-state index >= 15 is 0 Å². The second kappa shape index (κ2) is 10.7. The van der Waals surface area contributed by atoms with E-state index in [0.29, 0.717) is 6.04 Å². The number of aliphatic imine (C=N–C) groups is 1. The Labute approximate surface area is 177 Å². The third-order valence-electron chi connectivity index (χ3n) is 4.52. The molecule has 0 atom stereocenters. The Kier molecular flexibility index (Phi) is 8.64. The van der Waals surface area contributed by atoms with Crippen LogP contribution in [0.4, 0.5) is 5.69 Å². The normalized spacial score (nSPS) is 15.5. The summed E-state index contributed by atoms with van der Waals surface area (Å²) in [5, 5.41) is 10.2. The second-order valence-corrected chi connectivity index (χ2v) is 7.20. The Morgan fingerprint density at radius 1 is 1.27 bits per heavy atom. The summed E-state index contributed by atoms with van der Waals surface area (Å²) in [5.41, 5.74) is 2.41. The second-order valence-electron chi connectivity index (χ2n) is 6.25. The number of rotatable bonds is 5. The number of nitrogens with zero attached hydrogens (tertiary/aromatic N) is 3. The zero-order valence-corrected chi connectivity index (χ0v) is 18.6. The molecule has 1 aromatic heterocycles. The van der Waals surface area contributed by atoms with Gasteiger partial charge in [0.05, 0.1) is 17.2 Å². The van der Waals surface area contributed by atoms with E-state index < -0.39 is 0 Å². The zero-order valence-electron chi connectivity index (χ0n) is 15.4. The van der Waals surface area contributed by atoms with Crippen molar-refractivity contribution in [2.75, 3.05) is 25.0 Å². The molecule has 142 valence electrons. The number of halogens is 1. The molecule has 2 N–H and O–H groups in total. The first-order valence-electron chi connectivity index (χ1n) is 8.99. The van der Waals surface area contributed by atoms with Crippen LogP contribution in [0, 0.1) is 0 Å². The SMILES string of the molecule is CCc1nc(CNC(=NC)NC2CCN(c3ccccc3)CC2)cs1.I. The molecule has 1 aliphatic heterocycles. The molecule has 0 bridgehead atoms. The fourth-order valence-electron chi connectivity index (χ4n) is 3.08. The quantitative estimate of drug-likeness (QED) is 0.386. The molecule has 0 spiro atoms. The number of aryl methyl sites for hydroxylation is 1. The number of hydrogen-bond donors (Lipinski definition) is 2.